The number of aryl methyl sites for hydroxylation is 2. The van der Waals surface area contributed by atoms with Crippen LogP contribution in [0.2, 0.25) is 5.82 Å². The number of carbonyl (C=O) groups excluding carboxylic acids is 1. The lowest BCUT2D eigenvalue weighted by atomic mass is 9.43. The number of carbonyl (C=O) groups is 1. The van der Waals surface area contributed by atoms with Crippen LogP contribution < -0.4 is 0 Å². The van der Waals surface area contributed by atoms with Gasteiger partial charge in [0.1, 0.15) is 5.78 Å². The zero-order chi connectivity index (χ0) is 26.5. The van der Waals surface area contributed by atoms with Crippen LogP contribution in [0.3, 0.4) is 0 Å². The maximum Gasteiger partial charge on any atom is 0.461 e. The molecule has 1 heterocycles. The van der Waals surface area contributed by atoms with Crippen molar-refractivity contribution in [3.05, 3.63) is 46.9 Å². The number of hydrogen-bond acceptors (Lipinski definition) is 5. The Bertz CT molecular complexity index is 1120. The zero-order valence-electron chi connectivity index (χ0n) is 22.7. The summed E-state index contributed by atoms with van der Waals surface area (Å²) in [4.78, 5) is 12.5. The Labute approximate surface area is 218 Å². The second kappa shape index (κ2) is 10.0. The van der Waals surface area contributed by atoms with Crippen molar-refractivity contribution in [2.45, 2.75) is 90.7 Å². The van der Waals surface area contributed by atoms with Crippen molar-refractivity contribution in [2.75, 3.05) is 13.6 Å². The Morgan fingerprint density at radius 3 is 2.61 bits per heavy atom. The topological polar surface area (TPSA) is 72.9 Å². The van der Waals surface area contributed by atoms with Gasteiger partial charge in [-0.25, -0.2) is 8.42 Å². The number of likely N-dealkylation sites (N-methyl/N-ethyl adjacent to an activating group) is 1. The van der Waals surface area contributed by atoms with E-state index in [0.717, 1.165) is 29.0 Å². The highest BCUT2D eigenvalue weighted by Crippen LogP contribution is 2.66. The van der Waals surface area contributed by atoms with Gasteiger partial charge in [0.2, 0.25) is 10.0 Å². The highest BCUT2D eigenvalue weighted by Gasteiger charge is 2.68. The van der Waals surface area contributed by atoms with E-state index in [1.165, 1.54) is 30.2 Å². The van der Waals surface area contributed by atoms with Crippen LogP contribution in [0.15, 0.2) is 30.2 Å². The summed E-state index contributed by atoms with van der Waals surface area (Å²) in [6.07, 6.45) is 4.99. The molecule has 3 unspecified atom stereocenters. The predicted molar refractivity (Wildman–Crippen MR) is 144 cm³/mol. The van der Waals surface area contributed by atoms with Crippen LogP contribution in [-0.2, 0) is 30.5 Å². The zero-order valence-corrected chi connectivity index (χ0v) is 23.6. The molecule has 1 aromatic rings. The molecule has 2 bridgehead atoms. The van der Waals surface area contributed by atoms with Crippen LogP contribution in [0.1, 0.15) is 69.6 Å². The average Bonchev–Trinajstić information content (AvgIpc) is 3.17. The number of Topliss-reactive ketones (excluding diaryl/α,β-unsaturated/α-hetero) is 1. The van der Waals surface area contributed by atoms with Crippen LogP contribution in [0.25, 0.3) is 0 Å². The van der Waals surface area contributed by atoms with Crippen LogP contribution >= 0.6 is 0 Å². The Balaban J connectivity index is 1.44. The lowest BCUT2D eigenvalue weighted by Gasteiger charge is -2.64. The molecule has 0 amide bonds. The Hall–Kier alpha value is -1.48. The quantitative estimate of drug-likeness (QED) is 0.384. The Morgan fingerprint density at radius 2 is 1.97 bits per heavy atom. The summed E-state index contributed by atoms with van der Waals surface area (Å²) in [6.45, 7) is 14.4. The van der Waals surface area contributed by atoms with Crippen LogP contribution in [0, 0.1) is 31.1 Å². The molecule has 5 rings (SSSR count). The summed E-state index contributed by atoms with van der Waals surface area (Å²) >= 11 is 0. The summed E-state index contributed by atoms with van der Waals surface area (Å²) in [7, 11) is -2.48. The third-order valence-electron chi connectivity index (χ3n) is 9.50. The fourth-order valence-electron chi connectivity index (χ4n) is 6.78. The molecule has 8 heteroatoms. The lowest BCUT2D eigenvalue weighted by molar-refractivity contribution is -0.199. The molecular weight excluding hydrogens is 473 g/mol. The van der Waals surface area contributed by atoms with Crippen molar-refractivity contribution in [3.8, 4) is 0 Å². The second-order valence-corrected chi connectivity index (χ2v) is 14.1. The predicted octanol–water partition coefficient (Wildman–Crippen LogP) is 5.09. The molecule has 1 aliphatic heterocycles. The SMILES string of the molecule is C=CS(=O)(=O)N(C)CC(=O)CCCC(Cc1ccc(C)c(C)c1)B1O[C@@H]2CC3CC(C3(C)C)[C@]2(C)O1. The van der Waals surface area contributed by atoms with E-state index in [2.05, 4.69) is 59.4 Å². The molecular formula is C28H42BNO5S. The fourth-order valence-corrected chi connectivity index (χ4v) is 7.35. The molecule has 0 aromatic heterocycles. The molecule has 1 aromatic carbocycles. The monoisotopic (exact) mass is 515 g/mol. The van der Waals surface area contributed by atoms with Gasteiger partial charge in [-0.15, -0.1) is 0 Å². The van der Waals surface area contributed by atoms with Gasteiger partial charge >= 0.3 is 7.12 Å². The molecule has 198 valence electrons. The molecule has 5 atom stereocenters. The third kappa shape index (κ3) is 5.11. The van der Waals surface area contributed by atoms with Gasteiger partial charge in [-0.05, 0) is 86.2 Å². The number of nitrogens with zero attached hydrogens (tertiary/aromatic N) is 1. The molecule has 0 radical (unpaired) electrons. The summed E-state index contributed by atoms with van der Waals surface area (Å²) in [5.41, 5.74) is 3.82. The van der Waals surface area contributed by atoms with Gasteiger partial charge in [0.25, 0.3) is 0 Å². The second-order valence-electron chi connectivity index (χ2n) is 12.1. The maximum atomic E-state index is 12.5. The van der Waals surface area contributed by atoms with E-state index in [-0.39, 0.29) is 42.4 Å². The molecule has 1 saturated heterocycles. The van der Waals surface area contributed by atoms with E-state index in [4.69, 9.17) is 9.31 Å². The summed E-state index contributed by atoms with van der Waals surface area (Å²) in [5.74, 6) is 1.23. The Kier molecular flexibility index (Phi) is 7.66. The summed E-state index contributed by atoms with van der Waals surface area (Å²) in [6, 6.07) is 6.58. The first-order valence-electron chi connectivity index (χ1n) is 13.3. The van der Waals surface area contributed by atoms with Gasteiger partial charge in [0.05, 0.1) is 18.2 Å². The molecule has 3 aliphatic carbocycles. The van der Waals surface area contributed by atoms with Crippen LogP contribution in [0.4, 0.5) is 0 Å². The minimum Gasteiger partial charge on any atom is -0.405 e. The van der Waals surface area contributed by atoms with Crippen molar-refractivity contribution in [1.29, 1.82) is 0 Å². The van der Waals surface area contributed by atoms with E-state index < -0.39 is 10.0 Å². The van der Waals surface area contributed by atoms with Gasteiger partial charge < -0.3 is 9.31 Å². The number of ketones is 1. The average molecular weight is 516 g/mol. The van der Waals surface area contributed by atoms with Gasteiger partial charge in [-0.2, -0.15) is 4.31 Å². The van der Waals surface area contributed by atoms with E-state index in [1.54, 1.807) is 0 Å². The molecule has 3 saturated carbocycles. The first-order chi connectivity index (χ1) is 16.8. The molecule has 6 nitrogen and oxygen atoms in total. The fraction of sp³-hybridized carbons (Fsp3) is 0.679. The Morgan fingerprint density at radius 1 is 1.25 bits per heavy atom. The number of sulfonamides is 1. The third-order valence-corrected chi connectivity index (χ3v) is 10.9. The lowest BCUT2D eigenvalue weighted by Crippen LogP contribution is -2.65. The molecule has 4 fully saturated rings. The maximum absolute atomic E-state index is 12.5. The van der Waals surface area contributed by atoms with Gasteiger partial charge in [0.15, 0.2) is 0 Å². The standard InChI is InChI=1S/C28H42BNO5S/c1-8-36(32,33)30(7)18-24(31)11-9-10-23(15-21-13-12-19(2)20(3)14-21)29-34-26-17-22-16-25(27(22,4)5)28(26,6)35-29/h8,12-14,22-23,25-26H,1,9-11,15-18H2,2-7H3/t22?,23?,25?,26-,28+/m1/s1. The van der Waals surface area contributed by atoms with Crippen LogP contribution in [0.5, 0.6) is 0 Å². The highest BCUT2D eigenvalue weighted by atomic mass is 32.2. The van der Waals surface area contributed by atoms with E-state index in [1.807, 2.05) is 0 Å². The minimum absolute atomic E-state index is 0.0932. The smallest absolute Gasteiger partial charge is 0.405 e. The first-order valence-corrected chi connectivity index (χ1v) is 14.8. The summed E-state index contributed by atoms with van der Waals surface area (Å²) in [5, 5.41) is 0.875. The van der Waals surface area contributed by atoms with E-state index in [9.17, 15) is 13.2 Å². The molecule has 4 aliphatic rings. The van der Waals surface area contributed by atoms with E-state index in [0.29, 0.717) is 24.7 Å². The molecule has 0 spiro atoms. The molecule has 36 heavy (non-hydrogen) atoms. The van der Waals surface area contributed by atoms with Crippen molar-refractivity contribution in [3.63, 3.8) is 0 Å². The highest BCUT2D eigenvalue weighted by molar-refractivity contribution is 7.92. The van der Waals surface area contributed by atoms with Crippen molar-refractivity contribution >= 4 is 22.9 Å². The largest absolute Gasteiger partial charge is 0.461 e. The number of hydrogen-bond donors (Lipinski definition) is 0. The van der Waals surface area contributed by atoms with Gasteiger partial charge in [0, 0.05) is 18.9 Å². The first kappa shape index (κ1) is 27.6. The van der Waals surface area contributed by atoms with Crippen LogP contribution in [-0.4, -0.2) is 50.9 Å². The summed E-state index contributed by atoms with van der Waals surface area (Å²) < 4.78 is 38.3. The van der Waals surface area contributed by atoms with E-state index >= 15 is 0 Å². The van der Waals surface area contributed by atoms with Gasteiger partial charge in [-0.3, -0.25) is 4.79 Å². The number of rotatable bonds is 11. The number of benzene rings is 1. The van der Waals surface area contributed by atoms with Crippen molar-refractivity contribution < 1.29 is 22.5 Å². The van der Waals surface area contributed by atoms with Gasteiger partial charge in [-0.1, -0.05) is 45.0 Å². The minimum atomic E-state index is -3.59. The molecule has 0 N–H and O–H groups in total. The normalized spacial score (nSPS) is 29.5. The van der Waals surface area contributed by atoms with Crippen molar-refractivity contribution in [1.82, 2.24) is 4.31 Å². The van der Waals surface area contributed by atoms with Crippen molar-refractivity contribution in [2.24, 2.45) is 17.3 Å².